The van der Waals surface area contributed by atoms with Gasteiger partial charge in [-0.15, -0.1) is 0 Å². The van der Waals surface area contributed by atoms with Crippen LogP contribution in [0.4, 0.5) is 0 Å². The minimum atomic E-state index is -0.701. The van der Waals surface area contributed by atoms with E-state index < -0.39 is 18.2 Å². The van der Waals surface area contributed by atoms with Crippen molar-refractivity contribution in [3.8, 4) is 0 Å². The smallest absolute Gasteiger partial charge is 0.339 e. The van der Waals surface area contributed by atoms with E-state index in [-0.39, 0.29) is 16.7 Å². The molecule has 0 aromatic carbocycles. The molecule has 102 valence electrons. The van der Waals surface area contributed by atoms with Gasteiger partial charge in [0, 0.05) is 5.54 Å². The van der Waals surface area contributed by atoms with Crippen LogP contribution in [0, 0.1) is 0 Å². The minimum absolute atomic E-state index is 0.106. The van der Waals surface area contributed by atoms with E-state index in [0.717, 1.165) is 0 Å². The van der Waals surface area contributed by atoms with E-state index in [1.54, 1.807) is 6.92 Å². The maximum atomic E-state index is 11.7. The summed E-state index contributed by atoms with van der Waals surface area (Å²) in [6.45, 7) is 14.4. The van der Waals surface area contributed by atoms with Crippen molar-refractivity contribution in [2.24, 2.45) is 0 Å². The lowest BCUT2D eigenvalue weighted by atomic mass is 10.1. The lowest BCUT2D eigenvalue weighted by molar-refractivity contribution is -0.146. The number of nitrogens with one attached hydrogen (secondary N) is 1. The topological polar surface area (TPSA) is 64.6 Å². The Bertz CT molecular complexity index is 366. The standard InChI is InChI=1S/C13H21NO4/c1-8(11(15)17-7)9(2)12(16)18-10(3)14-13(4,5)6/h10,14H,1-2H2,3-7H3. The average molecular weight is 255 g/mol. The molecule has 0 bridgehead atoms. The molecule has 1 unspecified atom stereocenters. The molecule has 1 N–H and O–H groups in total. The van der Waals surface area contributed by atoms with Gasteiger partial charge in [0.1, 0.15) is 0 Å². The summed E-state index contributed by atoms with van der Waals surface area (Å²) in [6, 6.07) is 0. The number of hydrogen-bond donors (Lipinski definition) is 1. The summed E-state index contributed by atoms with van der Waals surface area (Å²) in [5, 5.41) is 3.06. The summed E-state index contributed by atoms with van der Waals surface area (Å²) in [6.07, 6.45) is -0.500. The fourth-order valence-electron chi connectivity index (χ4n) is 1.24. The van der Waals surface area contributed by atoms with E-state index in [0.29, 0.717) is 0 Å². The first-order valence-electron chi connectivity index (χ1n) is 5.53. The molecule has 0 fully saturated rings. The number of carbonyl (C=O) groups excluding carboxylic acids is 2. The third-order valence-corrected chi connectivity index (χ3v) is 1.96. The molecule has 0 heterocycles. The molecule has 5 heteroatoms. The van der Waals surface area contributed by atoms with Gasteiger partial charge >= 0.3 is 11.9 Å². The second kappa shape index (κ2) is 6.35. The third-order valence-electron chi connectivity index (χ3n) is 1.96. The van der Waals surface area contributed by atoms with E-state index in [2.05, 4.69) is 23.2 Å². The van der Waals surface area contributed by atoms with Crippen molar-refractivity contribution in [3.05, 3.63) is 24.3 Å². The highest BCUT2D eigenvalue weighted by molar-refractivity contribution is 6.06. The van der Waals surface area contributed by atoms with Crippen LogP contribution in [0.1, 0.15) is 27.7 Å². The number of carbonyl (C=O) groups is 2. The summed E-state index contributed by atoms with van der Waals surface area (Å²) in [4.78, 5) is 22.8. The van der Waals surface area contributed by atoms with Crippen LogP contribution in [-0.4, -0.2) is 30.8 Å². The second-order valence-corrected chi connectivity index (χ2v) is 4.89. The van der Waals surface area contributed by atoms with Gasteiger partial charge in [0.05, 0.1) is 18.3 Å². The van der Waals surface area contributed by atoms with Crippen LogP contribution in [0.5, 0.6) is 0 Å². The number of ether oxygens (including phenoxy) is 2. The lowest BCUT2D eigenvalue weighted by Crippen LogP contribution is -2.44. The summed E-state index contributed by atoms with van der Waals surface area (Å²) >= 11 is 0. The van der Waals surface area contributed by atoms with Crippen molar-refractivity contribution in [1.29, 1.82) is 0 Å². The van der Waals surface area contributed by atoms with Crippen LogP contribution >= 0.6 is 0 Å². The van der Waals surface area contributed by atoms with Gasteiger partial charge in [-0.1, -0.05) is 13.2 Å². The predicted molar refractivity (Wildman–Crippen MR) is 68.7 cm³/mol. The van der Waals surface area contributed by atoms with Crippen LogP contribution in [-0.2, 0) is 19.1 Å². The van der Waals surface area contributed by atoms with Crippen molar-refractivity contribution in [1.82, 2.24) is 5.32 Å². The van der Waals surface area contributed by atoms with Crippen LogP contribution in [0.25, 0.3) is 0 Å². The fraction of sp³-hybridized carbons (Fsp3) is 0.538. The van der Waals surface area contributed by atoms with Crippen LogP contribution in [0.15, 0.2) is 24.3 Å². The zero-order valence-corrected chi connectivity index (χ0v) is 11.6. The number of hydrogen-bond acceptors (Lipinski definition) is 5. The number of rotatable bonds is 5. The second-order valence-electron chi connectivity index (χ2n) is 4.89. The molecular formula is C13H21NO4. The molecule has 18 heavy (non-hydrogen) atoms. The summed E-state index contributed by atoms with van der Waals surface area (Å²) < 4.78 is 9.53. The van der Waals surface area contributed by atoms with Crippen LogP contribution < -0.4 is 5.32 Å². The molecule has 0 radical (unpaired) electrons. The maximum absolute atomic E-state index is 11.7. The van der Waals surface area contributed by atoms with Gasteiger partial charge in [-0.05, 0) is 27.7 Å². The highest BCUT2D eigenvalue weighted by Gasteiger charge is 2.22. The minimum Gasteiger partial charge on any atom is -0.465 e. The fourth-order valence-corrected chi connectivity index (χ4v) is 1.24. The Labute approximate surface area is 108 Å². The third kappa shape index (κ3) is 5.63. The Kier molecular flexibility index (Phi) is 5.78. The highest BCUT2D eigenvalue weighted by Crippen LogP contribution is 2.11. The van der Waals surface area contributed by atoms with Crippen molar-refractivity contribution in [2.75, 3.05) is 7.11 Å². The van der Waals surface area contributed by atoms with Crippen molar-refractivity contribution >= 4 is 11.9 Å². The van der Waals surface area contributed by atoms with E-state index in [1.165, 1.54) is 7.11 Å². The Morgan fingerprint density at radius 3 is 1.94 bits per heavy atom. The van der Waals surface area contributed by atoms with E-state index in [4.69, 9.17) is 4.74 Å². The van der Waals surface area contributed by atoms with Crippen LogP contribution in [0.3, 0.4) is 0 Å². The lowest BCUT2D eigenvalue weighted by Gasteiger charge is -2.26. The molecule has 0 aliphatic carbocycles. The van der Waals surface area contributed by atoms with E-state index in [9.17, 15) is 9.59 Å². The molecule has 0 aliphatic rings. The van der Waals surface area contributed by atoms with Gasteiger partial charge in [-0.3, -0.25) is 5.32 Å². The monoisotopic (exact) mass is 255 g/mol. The Hall–Kier alpha value is -1.62. The Morgan fingerprint density at radius 2 is 1.56 bits per heavy atom. The quantitative estimate of drug-likeness (QED) is 0.349. The van der Waals surface area contributed by atoms with Gasteiger partial charge in [0.15, 0.2) is 6.23 Å². The predicted octanol–water partition coefficient (Wildman–Crippen LogP) is 1.55. The van der Waals surface area contributed by atoms with Crippen LogP contribution in [0.2, 0.25) is 0 Å². The van der Waals surface area contributed by atoms with E-state index >= 15 is 0 Å². The molecular weight excluding hydrogens is 234 g/mol. The van der Waals surface area contributed by atoms with Gasteiger partial charge in [-0.2, -0.15) is 0 Å². The molecule has 1 atom stereocenters. The average Bonchev–Trinajstić information content (AvgIpc) is 2.22. The van der Waals surface area contributed by atoms with E-state index in [1.807, 2.05) is 20.8 Å². The van der Waals surface area contributed by atoms with Gasteiger partial charge < -0.3 is 9.47 Å². The zero-order valence-electron chi connectivity index (χ0n) is 11.6. The van der Waals surface area contributed by atoms with Crippen molar-refractivity contribution < 1.29 is 19.1 Å². The van der Waals surface area contributed by atoms with Gasteiger partial charge in [0.25, 0.3) is 0 Å². The molecule has 0 aliphatic heterocycles. The molecule has 0 amide bonds. The molecule has 0 saturated carbocycles. The largest absolute Gasteiger partial charge is 0.465 e. The Morgan fingerprint density at radius 1 is 1.11 bits per heavy atom. The normalized spacial score (nSPS) is 12.5. The van der Waals surface area contributed by atoms with Gasteiger partial charge in [0.2, 0.25) is 0 Å². The number of esters is 2. The van der Waals surface area contributed by atoms with Gasteiger partial charge in [-0.25, -0.2) is 9.59 Å². The summed E-state index contributed by atoms with van der Waals surface area (Å²) in [5.74, 6) is -1.40. The highest BCUT2D eigenvalue weighted by atomic mass is 16.6. The first-order valence-corrected chi connectivity index (χ1v) is 5.53. The summed E-state index contributed by atoms with van der Waals surface area (Å²) in [5.41, 5.74) is -0.407. The molecule has 0 saturated heterocycles. The first-order chi connectivity index (χ1) is 8.08. The summed E-state index contributed by atoms with van der Waals surface area (Å²) in [7, 11) is 1.20. The first kappa shape index (κ1) is 16.4. The molecule has 0 aromatic rings. The SMILES string of the molecule is C=C(C(=C)C(=O)OC(C)NC(C)(C)C)C(=O)OC. The maximum Gasteiger partial charge on any atom is 0.339 e. The molecule has 0 rings (SSSR count). The zero-order chi connectivity index (χ0) is 14.5. The Balaban J connectivity index is 4.46. The van der Waals surface area contributed by atoms with Crippen molar-refractivity contribution in [2.45, 2.75) is 39.5 Å². The number of methoxy groups -OCH3 is 1. The van der Waals surface area contributed by atoms with Crippen molar-refractivity contribution in [3.63, 3.8) is 0 Å². The molecule has 0 spiro atoms. The molecule has 0 aromatic heterocycles. The molecule has 5 nitrogen and oxygen atoms in total.